The number of nitro groups is 1. The lowest BCUT2D eigenvalue weighted by Crippen LogP contribution is -2.19. The molecule has 0 amide bonds. The molecule has 0 fully saturated rings. The number of ether oxygens (including phenoxy) is 1. The Kier molecular flexibility index (Phi) is 2.01. The molecule has 1 aliphatic rings. The molecule has 5 nitrogen and oxygen atoms in total. The molecule has 0 spiro atoms. The van der Waals surface area contributed by atoms with E-state index in [-0.39, 0.29) is 24.7 Å². The summed E-state index contributed by atoms with van der Waals surface area (Å²) in [5.74, 6) is -0.199. The van der Waals surface area contributed by atoms with Gasteiger partial charge in [0, 0.05) is 11.6 Å². The third-order valence-corrected chi connectivity index (χ3v) is 2.13. The highest BCUT2D eigenvalue weighted by Gasteiger charge is 2.24. The average Bonchev–Trinajstić information content (AvgIpc) is 2.17. The van der Waals surface area contributed by atoms with Crippen LogP contribution in [0.25, 0.3) is 0 Å². The normalized spacial score (nSPS) is 15.0. The molecule has 1 heterocycles. The van der Waals surface area contributed by atoms with E-state index in [0.717, 1.165) is 0 Å². The molecule has 1 aliphatic heterocycles. The van der Waals surface area contributed by atoms with Gasteiger partial charge in [-0.25, -0.2) is 0 Å². The van der Waals surface area contributed by atoms with Gasteiger partial charge in [0.2, 0.25) is 0 Å². The summed E-state index contributed by atoms with van der Waals surface area (Å²) in [5, 5.41) is 10.6. The summed E-state index contributed by atoms with van der Waals surface area (Å²) in [6, 6.07) is 4.48. The van der Waals surface area contributed by atoms with Crippen molar-refractivity contribution < 1.29 is 14.5 Å². The molecule has 1 aromatic rings. The van der Waals surface area contributed by atoms with Crippen LogP contribution < -0.4 is 0 Å². The molecule has 0 radical (unpaired) electrons. The Morgan fingerprint density at radius 1 is 1.36 bits per heavy atom. The molecule has 0 unspecified atom stereocenters. The van der Waals surface area contributed by atoms with Gasteiger partial charge in [-0.2, -0.15) is 0 Å². The van der Waals surface area contributed by atoms with Crippen LogP contribution in [0.4, 0.5) is 5.69 Å². The van der Waals surface area contributed by atoms with Crippen LogP contribution >= 0.6 is 0 Å². The number of carbonyl (C=O) groups excluding carboxylic acids is 1. The molecule has 1 aromatic carbocycles. The van der Waals surface area contributed by atoms with Gasteiger partial charge in [-0.15, -0.1) is 0 Å². The van der Waals surface area contributed by atoms with Crippen LogP contribution in [0.5, 0.6) is 0 Å². The topological polar surface area (TPSA) is 69.4 Å². The first-order valence-corrected chi connectivity index (χ1v) is 4.07. The second-order valence-corrected chi connectivity index (χ2v) is 2.98. The van der Waals surface area contributed by atoms with Crippen molar-refractivity contribution in [2.24, 2.45) is 0 Å². The fraction of sp³-hybridized carbons (Fsp3) is 0.222. The average molecular weight is 193 g/mol. The van der Waals surface area contributed by atoms with E-state index in [1.54, 1.807) is 6.07 Å². The highest BCUT2D eigenvalue weighted by atomic mass is 16.6. The van der Waals surface area contributed by atoms with Crippen molar-refractivity contribution in [3.8, 4) is 0 Å². The number of benzene rings is 1. The third kappa shape index (κ3) is 1.27. The maximum Gasteiger partial charge on any atom is 0.275 e. The van der Waals surface area contributed by atoms with Crippen LogP contribution in [-0.2, 0) is 11.3 Å². The number of fused-ring (bicyclic) bond motifs is 1. The van der Waals surface area contributed by atoms with Crippen molar-refractivity contribution >= 4 is 11.5 Å². The lowest BCUT2D eigenvalue weighted by molar-refractivity contribution is -0.386. The van der Waals surface area contributed by atoms with Gasteiger partial charge in [-0.05, 0) is 0 Å². The van der Waals surface area contributed by atoms with Crippen molar-refractivity contribution in [2.75, 3.05) is 6.61 Å². The highest BCUT2D eigenvalue weighted by molar-refractivity contribution is 6.00. The summed E-state index contributed by atoms with van der Waals surface area (Å²) in [5.41, 5.74) is 0.745. The minimum atomic E-state index is -0.499. The van der Waals surface area contributed by atoms with Crippen LogP contribution in [0.1, 0.15) is 15.9 Å². The molecule has 72 valence electrons. The third-order valence-electron chi connectivity index (χ3n) is 2.13. The van der Waals surface area contributed by atoms with Crippen molar-refractivity contribution in [3.05, 3.63) is 39.4 Å². The highest BCUT2D eigenvalue weighted by Crippen LogP contribution is 2.26. The smallest absolute Gasteiger partial charge is 0.275 e. The number of rotatable bonds is 1. The first-order valence-electron chi connectivity index (χ1n) is 4.07. The zero-order valence-corrected chi connectivity index (χ0v) is 7.23. The van der Waals surface area contributed by atoms with Crippen molar-refractivity contribution in [2.45, 2.75) is 6.61 Å². The molecule has 2 rings (SSSR count). The molecule has 0 aromatic heterocycles. The zero-order chi connectivity index (χ0) is 10.1. The number of hydrogen-bond acceptors (Lipinski definition) is 4. The van der Waals surface area contributed by atoms with Gasteiger partial charge in [-0.1, -0.05) is 12.1 Å². The van der Waals surface area contributed by atoms with Crippen LogP contribution in [-0.4, -0.2) is 17.3 Å². The molecule has 0 N–H and O–H groups in total. The monoisotopic (exact) mass is 193 g/mol. The summed E-state index contributed by atoms with van der Waals surface area (Å²) < 4.78 is 4.95. The molecular formula is C9H7NO4. The molecule has 0 bridgehead atoms. The fourth-order valence-electron chi connectivity index (χ4n) is 1.48. The summed E-state index contributed by atoms with van der Waals surface area (Å²) in [4.78, 5) is 21.4. The van der Waals surface area contributed by atoms with E-state index in [1.165, 1.54) is 12.1 Å². The van der Waals surface area contributed by atoms with Gasteiger partial charge in [0.15, 0.2) is 5.78 Å². The number of Topliss-reactive ketones (excluding diaryl/α,β-unsaturated/α-hetero) is 1. The molecule has 0 atom stereocenters. The van der Waals surface area contributed by atoms with Gasteiger partial charge < -0.3 is 4.74 Å². The number of nitro benzene ring substituents is 1. The van der Waals surface area contributed by atoms with Gasteiger partial charge in [0.05, 0.1) is 17.1 Å². The minimum Gasteiger partial charge on any atom is -0.368 e. The summed E-state index contributed by atoms with van der Waals surface area (Å²) >= 11 is 0. The lowest BCUT2D eigenvalue weighted by atomic mass is 10.0. The van der Waals surface area contributed by atoms with Crippen molar-refractivity contribution in [1.82, 2.24) is 0 Å². The van der Waals surface area contributed by atoms with E-state index in [4.69, 9.17) is 4.74 Å². The molecular weight excluding hydrogens is 186 g/mol. The molecule has 5 heteroatoms. The SMILES string of the molecule is O=C1COCc2c1cccc2[N+](=O)[O-]. The predicted molar refractivity (Wildman–Crippen MR) is 47.1 cm³/mol. The largest absolute Gasteiger partial charge is 0.368 e. The summed E-state index contributed by atoms with van der Waals surface area (Å²) in [7, 11) is 0. The predicted octanol–water partition coefficient (Wildman–Crippen LogP) is 1.31. The first-order chi connectivity index (χ1) is 6.70. The van der Waals surface area contributed by atoms with E-state index < -0.39 is 4.92 Å². The Bertz CT molecular complexity index is 399. The number of carbonyl (C=O) groups is 1. The van der Waals surface area contributed by atoms with E-state index in [2.05, 4.69) is 0 Å². The summed E-state index contributed by atoms with van der Waals surface area (Å²) in [6.07, 6.45) is 0. The number of ketones is 1. The quantitative estimate of drug-likeness (QED) is 0.498. The molecule has 0 aliphatic carbocycles. The van der Waals surface area contributed by atoms with E-state index in [0.29, 0.717) is 11.1 Å². The molecule has 14 heavy (non-hydrogen) atoms. The number of nitrogens with zero attached hydrogens (tertiary/aromatic N) is 1. The fourth-order valence-corrected chi connectivity index (χ4v) is 1.48. The van der Waals surface area contributed by atoms with Gasteiger partial charge in [0.25, 0.3) is 5.69 Å². The van der Waals surface area contributed by atoms with Crippen LogP contribution in [0.2, 0.25) is 0 Å². The second-order valence-electron chi connectivity index (χ2n) is 2.98. The first kappa shape index (κ1) is 8.83. The van der Waals surface area contributed by atoms with Crippen LogP contribution in [0, 0.1) is 10.1 Å². The van der Waals surface area contributed by atoms with Gasteiger partial charge in [0.1, 0.15) is 6.61 Å². The lowest BCUT2D eigenvalue weighted by Gasteiger charge is -2.14. The van der Waals surface area contributed by atoms with Crippen LogP contribution in [0.3, 0.4) is 0 Å². The van der Waals surface area contributed by atoms with E-state index in [1.807, 2.05) is 0 Å². The van der Waals surface area contributed by atoms with Gasteiger partial charge in [-0.3, -0.25) is 14.9 Å². The number of hydrogen-bond donors (Lipinski definition) is 0. The van der Waals surface area contributed by atoms with E-state index in [9.17, 15) is 14.9 Å². The second kappa shape index (κ2) is 3.19. The molecule has 0 saturated carbocycles. The Morgan fingerprint density at radius 2 is 2.14 bits per heavy atom. The summed E-state index contributed by atoms with van der Waals surface area (Å²) in [6.45, 7) is 0.145. The Morgan fingerprint density at radius 3 is 2.86 bits per heavy atom. The van der Waals surface area contributed by atoms with Crippen molar-refractivity contribution in [1.29, 1.82) is 0 Å². The molecule has 0 saturated heterocycles. The maximum absolute atomic E-state index is 11.3. The Hall–Kier alpha value is -1.75. The Balaban J connectivity index is 2.60. The maximum atomic E-state index is 11.3. The zero-order valence-electron chi connectivity index (χ0n) is 7.23. The van der Waals surface area contributed by atoms with E-state index >= 15 is 0 Å². The minimum absolute atomic E-state index is 0.00810. The van der Waals surface area contributed by atoms with Crippen LogP contribution in [0.15, 0.2) is 18.2 Å². The van der Waals surface area contributed by atoms with Gasteiger partial charge >= 0.3 is 0 Å². The standard InChI is InChI=1S/C9H7NO4/c11-9-5-14-4-7-6(9)2-1-3-8(7)10(12)13/h1-3H,4-5H2. The Labute approximate surface area is 79.4 Å². The van der Waals surface area contributed by atoms with Crippen molar-refractivity contribution in [3.63, 3.8) is 0 Å².